The monoisotopic (exact) mass is 484 g/mol. The van der Waals surface area contributed by atoms with Gasteiger partial charge in [0, 0.05) is 43.9 Å². The Balaban J connectivity index is 1.49. The SMILES string of the molecule is S=C(N=P(c1ccccc1)(N1CCOCC1)N1CCOCC1)NCc1cn2ccccc2n1. The summed E-state index contributed by atoms with van der Waals surface area (Å²) in [6.07, 6.45) is 4.02. The van der Waals surface area contributed by atoms with E-state index in [-0.39, 0.29) is 0 Å². The molecular weight excluding hydrogens is 455 g/mol. The number of hydrogen-bond donors (Lipinski definition) is 1. The summed E-state index contributed by atoms with van der Waals surface area (Å²) in [6.45, 7) is 6.68. The molecule has 2 aliphatic heterocycles. The predicted octanol–water partition coefficient (Wildman–Crippen LogP) is 2.73. The number of nitrogens with zero attached hydrogens (tertiary/aromatic N) is 5. The molecule has 2 aromatic heterocycles. The van der Waals surface area contributed by atoms with Gasteiger partial charge in [-0.2, -0.15) is 0 Å². The maximum absolute atomic E-state index is 5.82. The lowest BCUT2D eigenvalue weighted by atomic mass is 10.4. The minimum absolute atomic E-state index is 0.516. The van der Waals surface area contributed by atoms with E-state index in [1.165, 1.54) is 5.30 Å². The third-order valence-corrected chi connectivity index (χ3v) is 10.1. The van der Waals surface area contributed by atoms with Gasteiger partial charge in [0.2, 0.25) is 0 Å². The molecule has 0 radical (unpaired) electrons. The van der Waals surface area contributed by atoms with Gasteiger partial charge in [0.25, 0.3) is 0 Å². The van der Waals surface area contributed by atoms with Crippen molar-refractivity contribution < 1.29 is 9.47 Å². The van der Waals surface area contributed by atoms with Gasteiger partial charge in [0.05, 0.1) is 38.7 Å². The molecule has 0 atom stereocenters. The Bertz CT molecular complexity index is 1090. The normalized spacial score (nSPS) is 18.3. The van der Waals surface area contributed by atoms with Crippen LogP contribution >= 0.6 is 19.6 Å². The summed E-state index contributed by atoms with van der Waals surface area (Å²) in [6, 6.07) is 16.6. The van der Waals surface area contributed by atoms with E-state index in [0.717, 1.165) is 37.5 Å². The molecule has 0 amide bonds. The fraction of sp³-hybridized carbons (Fsp3) is 0.391. The molecule has 0 spiro atoms. The second-order valence-electron chi connectivity index (χ2n) is 7.99. The van der Waals surface area contributed by atoms with Crippen LogP contribution in [-0.4, -0.2) is 76.4 Å². The number of imidazole rings is 1. The van der Waals surface area contributed by atoms with Gasteiger partial charge in [-0.25, -0.2) is 19.1 Å². The number of rotatable bonds is 5. The first-order valence-electron chi connectivity index (χ1n) is 11.3. The molecule has 1 aromatic carbocycles. The van der Waals surface area contributed by atoms with Crippen LogP contribution in [0.4, 0.5) is 0 Å². The molecule has 8 nitrogen and oxygen atoms in total. The predicted molar refractivity (Wildman–Crippen MR) is 135 cm³/mol. The quantitative estimate of drug-likeness (QED) is 0.441. The average Bonchev–Trinajstić information content (AvgIpc) is 3.31. The Hall–Kier alpha value is -2.13. The summed E-state index contributed by atoms with van der Waals surface area (Å²) in [5, 5.41) is 5.09. The van der Waals surface area contributed by atoms with Crippen molar-refractivity contribution in [3.63, 3.8) is 0 Å². The van der Waals surface area contributed by atoms with E-state index >= 15 is 0 Å². The van der Waals surface area contributed by atoms with Crippen LogP contribution in [0.25, 0.3) is 5.65 Å². The van der Waals surface area contributed by atoms with Gasteiger partial charge in [-0.3, -0.25) is 0 Å². The van der Waals surface area contributed by atoms with Gasteiger partial charge in [-0.15, -0.1) is 0 Å². The molecule has 0 saturated carbocycles. The molecule has 2 fully saturated rings. The topological polar surface area (TPSA) is 66.6 Å². The van der Waals surface area contributed by atoms with Gasteiger partial charge >= 0.3 is 0 Å². The summed E-state index contributed by atoms with van der Waals surface area (Å²) in [5.41, 5.74) is 1.85. The highest BCUT2D eigenvalue weighted by Gasteiger charge is 2.38. The first-order valence-corrected chi connectivity index (χ1v) is 13.4. The third-order valence-electron chi connectivity index (χ3n) is 5.93. The minimum Gasteiger partial charge on any atom is -0.379 e. The molecular formula is C23H29N6O2PS. The highest BCUT2D eigenvalue weighted by Crippen LogP contribution is 2.56. The van der Waals surface area contributed by atoms with E-state index in [1.807, 2.05) is 35.0 Å². The third kappa shape index (κ3) is 4.89. The number of fused-ring (bicyclic) bond motifs is 1. The molecule has 33 heavy (non-hydrogen) atoms. The molecule has 2 saturated heterocycles. The van der Waals surface area contributed by atoms with Crippen LogP contribution in [0.2, 0.25) is 0 Å². The molecule has 5 rings (SSSR count). The molecule has 0 bridgehead atoms. The van der Waals surface area contributed by atoms with Gasteiger partial charge in [-0.05, 0) is 24.4 Å². The van der Waals surface area contributed by atoms with E-state index in [4.69, 9.17) is 26.4 Å². The van der Waals surface area contributed by atoms with Crippen molar-refractivity contribution >= 4 is 35.6 Å². The molecule has 0 aliphatic carbocycles. The van der Waals surface area contributed by atoms with Crippen molar-refractivity contribution in [2.24, 2.45) is 4.74 Å². The lowest BCUT2D eigenvalue weighted by Crippen LogP contribution is -2.46. The van der Waals surface area contributed by atoms with Crippen LogP contribution in [-0.2, 0) is 16.0 Å². The van der Waals surface area contributed by atoms with Gasteiger partial charge in [0.1, 0.15) is 13.0 Å². The minimum atomic E-state index is -2.30. The number of aromatic nitrogens is 2. The van der Waals surface area contributed by atoms with Crippen LogP contribution in [0.5, 0.6) is 0 Å². The van der Waals surface area contributed by atoms with Crippen molar-refractivity contribution in [2.45, 2.75) is 6.54 Å². The van der Waals surface area contributed by atoms with Gasteiger partial charge in [0.15, 0.2) is 5.11 Å². The van der Waals surface area contributed by atoms with Crippen LogP contribution in [0.1, 0.15) is 5.69 Å². The molecule has 0 unspecified atom stereocenters. The number of morpholine rings is 2. The van der Waals surface area contributed by atoms with E-state index in [9.17, 15) is 0 Å². The largest absolute Gasteiger partial charge is 0.379 e. The summed E-state index contributed by atoms with van der Waals surface area (Å²) in [7, 11) is -2.30. The van der Waals surface area contributed by atoms with Gasteiger partial charge < -0.3 is 19.2 Å². The molecule has 3 aromatic rings. The van der Waals surface area contributed by atoms with Crippen molar-refractivity contribution in [3.05, 3.63) is 66.6 Å². The molecule has 10 heteroatoms. The summed E-state index contributed by atoms with van der Waals surface area (Å²) in [5.74, 6) is 0. The van der Waals surface area contributed by atoms with E-state index in [0.29, 0.717) is 38.1 Å². The Morgan fingerprint density at radius 2 is 1.58 bits per heavy atom. The smallest absolute Gasteiger partial charge is 0.194 e. The van der Waals surface area contributed by atoms with Crippen molar-refractivity contribution in [1.82, 2.24) is 24.0 Å². The van der Waals surface area contributed by atoms with E-state index < -0.39 is 7.36 Å². The van der Waals surface area contributed by atoms with Gasteiger partial charge in [-0.1, -0.05) is 36.4 Å². The summed E-state index contributed by atoms with van der Waals surface area (Å²) in [4.78, 5) is 4.67. The van der Waals surface area contributed by atoms with Crippen LogP contribution in [0.15, 0.2) is 65.7 Å². The van der Waals surface area contributed by atoms with E-state index in [2.05, 4.69) is 50.0 Å². The average molecular weight is 485 g/mol. The second kappa shape index (κ2) is 10.4. The Kier molecular flexibility index (Phi) is 7.16. The second-order valence-corrected chi connectivity index (χ2v) is 11.4. The maximum atomic E-state index is 5.82. The lowest BCUT2D eigenvalue weighted by Gasteiger charge is -2.46. The highest BCUT2D eigenvalue weighted by atomic mass is 32.1. The molecule has 1 N–H and O–H groups in total. The summed E-state index contributed by atoms with van der Waals surface area (Å²) < 4.78 is 23.7. The highest BCUT2D eigenvalue weighted by molar-refractivity contribution is 7.81. The van der Waals surface area contributed by atoms with Crippen LogP contribution in [0, 0.1) is 0 Å². The zero-order valence-electron chi connectivity index (χ0n) is 18.5. The number of thiocarbonyl (C=S) groups is 1. The number of nitrogens with one attached hydrogen (secondary N) is 1. The fourth-order valence-electron chi connectivity index (χ4n) is 4.38. The van der Waals surface area contributed by atoms with E-state index in [1.54, 1.807) is 0 Å². The van der Waals surface area contributed by atoms with Crippen molar-refractivity contribution in [3.8, 4) is 0 Å². The number of pyridine rings is 1. The Labute approximate surface area is 199 Å². The number of ether oxygens (including phenoxy) is 2. The summed E-state index contributed by atoms with van der Waals surface area (Å²) >= 11 is 5.82. The van der Waals surface area contributed by atoms with Crippen LogP contribution in [0.3, 0.4) is 0 Å². The molecule has 4 heterocycles. The maximum Gasteiger partial charge on any atom is 0.194 e. The fourth-order valence-corrected chi connectivity index (χ4v) is 8.51. The number of hydrogen-bond acceptors (Lipinski definition) is 4. The Morgan fingerprint density at radius 1 is 0.939 bits per heavy atom. The molecule has 174 valence electrons. The first kappa shape index (κ1) is 22.7. The van der Waals surface area contributed by atoms with Crippen LogP contribution < -0.4 is 10.6 Å². The zero-order valence-corrected chi connectivity index (χ0v) is 20.3. The Morgan fingerprint density at radius 3 is 2.21 bits per heavy atom. The lowest BCUT2D eigenvalue weighted by molar-refractivity contribution is 0.0579. The number of benzene rings is 1. The standard InChI is InChI=1S/C23H29N6O2PS/c33-23(24-18-20-19-27-9-5-4-8-22(27)25-20)26-32(21-6-2-1-3-7-21,28-10-14-30-15-11-28)29-12-16-31-17-13-29/h1-9,19H,10-18H2,(H,24,33). The molecule has 2 aliphatic rings. The van der Waals surface area contributed by atoms with Crippen molar-refractivity contribution in [1.29, 1.82) is 0 Å². The zero-order chi connectivity index (χ0) is 22.5. The van der Waals surface area contributed by atoms with Crippen molar-refractivity contribution in [2.75, 3.05) is 52.6 Å². The first-order chi connectivity index (χ1) is 16.3.